The molecule has 2 rings (SSSR count). The number of halogens is 4. The highest BCUT2D eigenvalue weighted by Crippen LogP contribution is 2.29. The molecule has 0 bridgehead atoms. The van der Waals surface area contributed by atoms with Crippen molar-refractivity contribution < 1.29 is 22.4 Å². The minimum Gasteiger partial charge on any atom is -0.329 e. The highest BCUT2D eigenvalue weighted by molar-refractivity contribution is 7.17. The van der Waals surface area contributed by atoms with E-state index in [1.807, 2.05) is 0 Å². The molecule has 24 heavy (non-hydrogen) atoms. The maximum atomic E-state index is 12.7. The van der Waals surface area contributed by atoms with Crippen LogP contribution in [-0.4, -0.2) is 46.7 Å². The van der Waals surface area contributed by atoms with Crippen LogP contribution in [0.2, 0.25) is 0 Å². The quantitative estimate of drug-likeness (QED) is 0.734. The van der Waals surface area contributed by atoms with Crippen molar-refractivity contribution in [3.8, 4) is 10.6 Å². The molecule has 2 aromatic heterocycles. The number of amides is 1. The molecule has 0 aromatic carbocycles. The van der Waals surface area contributed by atoms with Crippen LogP contribution in [0.25, 0.3) is 10.6 Å². The fourth-order valence-corrected chi connectivity index (χ4v) is 3.09. The number of carbonyl (C=O) groups is 1. The number of aromatic nitrogens is 2. The van der Waals surface area contributed by atoms with Gasteiger partial charge in [-0.2, -0.15) is 13.2 Å². The SMILES string of the molecule is Cc1nc(-c2cccnc2)sc1C(=O)N(CCCF)CC(F)(F)F. The number of nitrogens with zero attached hydrogens (tertiary/aromatic N) is 3. The molecule has 0 fully saturated rings. The highest BCUT2D eigenvalue weighted by atomic mass is 32.1. The minimum atomic E-state index is -4.54. The first-order valence-corrected chi connectivity index (χ1v) is 7.93. The van der Waals surface area contributed by atoms with Crippen molar-refractivity contribution in [2.45, 2.75) is 19.5 Å². The van der Waals surface area contributed by atoms with E-state index in [-0.39, 0.29) is 17.8 Å². The molecule has 0 saturated heterocycles. The summed E-state index contributed by atoms with van der Waals surface area (Å²) >= 11 is 1.01. The number of alkyl halides is 4. The molecule has 0 aliphatic carbocycles. The summed E-state index contributed by atoms with van der Waals surface area (Å²) in [6.45, 7) is -0.936. The Balaban J connectivity index is 2.27. The van der Waals surface area contributed by atoms with Gasteiger partial charge in [0.2, 0.25) is 0 Å². The molecule has 0 aliphatic heterocycles. The van der Waals surface area contributed by atoms with Crippen molar-refractivity contribution in [1.82, 2.24) is 14.9 Å². The average molecular weight is 361 g/mol. The zero-order chi connectivity index (χ0) is 17.7. The summed E-state index contributed by atoms with van der Waals surface area (Å²) in [5.74, 6) is -0.786. The van der Waals surface area contributed by atoms with Crippen molar-refractivity contribution in [2.24, 2.45) is 0 Å². The van der Waals surface area contributed by atoms with Gasteiger partial charge >= 0.3 is 6.18 Å². The van der Waals surface area contributed by atoms with Crippen LogP contribution >= 0.6 is 11.3 Å². The van der Waals surface area contributed by atoms with Gasteiger partial charge in [0.1, 0.15) is 16.4 Å². The predicted molar refractivity (Wildman–Crippen MR) is 82.6 cm³/mol. The third kappa shape index (κ3) is 4.73. The van der Waals surface area contributed by atoms with Crippen LogP contribution in [0.5, 0.6) is 0 Å². The van der Waals surface area contributed by atoms with Crippen LogP contribution in [0.3, 0.4) is 0 Å². The Morgan fingerprint density at radius 2 is 2.12 bits per heavy atom. The van der Waals surface area contributed by atoms with Crippen molar-refractivity contribution >= 4 is 17.2 Å². The second kappa shape index (κ2) is 7.69. The summed E-state index contributed by atoms with van der Waals surface area (Å²) in [6, 6.07) is 3.45. The third-order valence-electron chi connectivity index (χ3n) is 3.12. The fourth-order valence-electron chi connectivity index (χ4n) is 2.07. The van der Waals surface area contributed by atoms with Crippen LogP contribution in [-0.2, 0) is 0 Å². The van der Waals surface area contributed by atoms with Crippen molar-refractivity contribution in [1.29, 1.82) is 0 Å². The summed E-state index contributed by atoms with van der Waals surface area (Å²) < 4.78 is 50.3. The largest absolute Gasteiger partial charge is 0.406 e. The van der Waals surface area contributed by atoms with Gasteiger partial charge in [-0.15, -0.1) is 11.3 Å². The maximum Gasteiger partial charge on any atom is 0.406 e. The van der Waals surface area contributed by atoms with E-state index in [0.29, 0.717) is 21.2 Å². The Morgan fingerprint density at radius 1 is 1.38 bits per heavy atom. The lowest BCUT2D eigenvalue weighted by molar-refractivity contribution is -0.140. The van der Waals surface area contributed by atoms with E-state index < -0.39 is 25.3 Å². The van der Waals surface area contributed by atoms with Crippen LogP contribution in [0.4, 0.5) is 17.6 Å². The number of rotatable bonds is 6. The lowest BCUT2D eigenvalue weighted by Crippen LogP contribution is -2.39. The third-order valence-corrected chi connectivity index (χ3v) is 4.31. The first-order valence-electron chi connectivity index (χ1n) is 7.11. The van der Waals surface area contributed by atoms with E-state index >= 15 is 0 Å². The second-order valence-corrected chi connectivity index (χ2v) is 6.06. The Hall–Kier alpha value is -2.03. The van der Waals surface area contributed by atoms with Gasteiger partial charge in [0.05, 0.1) is 12.4 Å². The van der Waals surface area contributed by atoms with Gasteiger partial charge in [0.25, 0.3) is 5.91 Å². The first-order chi connectivity index (χ1) is 11.3. The number of hydrogen-bond donors (Lipinski definition) is 0. The maximum absolute atomic E-state index is 12.7. The Labute approximate surface area is 140 Å². The monoisotopic (exact) mass is 361 g/mol. The van der Waals surface area contributed by atoms with E-state index in [0.717, 1.165) is 11.3 Å². The first kappa shape index (κ1) is 18.3. The lowest BCUT2D eigenvalue weighted by atomic mass is 10.3. The smallest absolute Gasteiger partial charge is 0.329 e. The predicted octanol–water partition coefficient (Wildman–Crippen LogP) is 3.88. The molecule has 0 atom stereocenters. The molecule has 1 amide bonds. The molecular weight excluding hydrogens is 346 g/mol. The second-order valence-electron chi connectivity index (χ2n) is 5.06. The van der Waals surface area contributed by atoms with Gasteiger partial charge in [-0.05, 0) is 25.5 Å². The topological polar surface area (TPSA) is 46.1 Å². The number of carbonyl (C=O) groups excluding carboxylic acids is 1. The van der Waals surface area contributed by atoms with Crippen LogP contribution < -0.4 is 0 Å². The molecule has 0 radical (unpaired) electrons. The molecule has 130 valence electrons. The fraction of sp³-hybridized carbons (Fsp3) is 0.400. The van der Waals surface area contributed by atoms with Gasteiger partial charge < -0.3 is 4.90 Å². The summed E-state index contributed by atoms with van der Waals surface area (Å²) in [5, 5.41) is 0.501. The van der Waals surface area contributed by atoms with E-state index in [9.17, 15) is 22.4 Å². The lowest BCUT2D eigenvalue weighted by Gasteiger charge is -2.23. The Kier molecular flexibility index (Phi) is 5.87. The molecule has 0 N–H and O–H groups in total. The number of pyridine rings is 1. The molecule has 0 spiro atoms. The molecule has 4 nitrogen and oxygen atoms in total. The van der Waals surface area contributed by atoms with E-state index in [1.54, 1.807) is 31.5 Å². The number of hydrogen-bond acceptors (Lipinski definition) is 4. The van der Waals surface area contributed by atoms with Crippen LogP contribution in [0, 0.1) is 6.92 Å². The Morgan fingerprint density at radius 3 is 2.71 bits per heavy atom. The number of thiazole rings is 1. The molecule has 2 aromatic rings. The average Bonchev–Trinajstić information content (AvgIpc) is 2.92. The molecule has 0 saturated carbocycles. The summed E-state index contributed by atoms with van der Waals surface area (Å²) in [4.78, 5) is 21.4. The normalized spacial score (nSPS) is 11.5. The van der Waals surface area contributed by atoms with Gasteiger partial charge in [0.15, 0.2) is 0 Å². The van der Waals surface area contributed by atoms with Crippen molar-refractivity contribution in [3.63, 3.8) is 0 Å². The summed E-state index contributed by atoms with van der Waals surface area (Å²) in [5.41, 5.74) is 1.02. The molecule has 9 heteroatoms. The number of aryl methyl sites for hydroxylation is 1. The van der Waals surface area contributed by atoms with E-state index in [1.165, 1.54) is 0 Å². The summed E-state index contributed by atoms with van der Waals surface area (Å²) in [7, 11) is 0. The van der Waals surface area contributed by atoms with Crippen LogP contribution in [0.15, 0.2) is 24.5 Å². The standard InChI is InChI=1S/C15H15F4N3OS/c1-10-12(24-13(21-10)11-4-2-6-20-8-11)14(23)22(7-3-5-16)9-15(17,18)19/h2,4,6,8H,3,5,7,9H2,1H3. The van der Waals surface area contributed by atoms with Crippen molar-refractivity contribution in [3.05, 3.63) is 35.1 Å². The molecule has 2 heterocycles. The van der Waals surface area contributed by atoms with Crippen LogP contribution in [0.1, 0.15) is 21.8 Å². The zero-order valence-corrected chi connectivity index (χ0v) is 13.6. The van der Waals surface area contributed by atoms with E-state index in [4.69, 9.17) is 0 Å². The zero-order valence-electron chi connectivity index (χ0n) is 12.8. The minimum absolute atomic E-state index is 0.122. The van der Waals surface area contributed by atoms with Gasteiger partial charge in [-0.1, -0.05) is 0 Å². The van der Waals surface area contributed by atoms with Gasteiger partial charge in [-0.25, -0.2) is 4.98 Å². The van der Waals surface area contributed by atoms with Gasteiger partial charge in [-0.3, -0.25) is 14.2 Å². The summed E-state index contributed by atoms with van der Waals surface area (Å²) in [6.07, 6.45) is -1.55. The van der Waals surface area contributed by atoms with E-state index in [2.05, 4.69) is 9.97 Å². The van der Waals surface area contributed by atoms with Crippen molar-refractivity contribution in [2.75, 3.05) is 19.8 Å². The molecule has 0 unspecified atom stereocenters. The Bertz CT molecular complexity index is 688. The molecular formula is C15H15F4N3OS. The molecule has 0 aliphatic rings. The highest BCUT2D eigenvalue weighted by Gasteiger charge is 2.34. The van der Waals surface area contributed by atoms with Gasteiger partial charge in [0, 0.05) is 24.5 Å².